The molecule has 0 aliphatic heterocycles. The molecule has 0 unspecified atom stereocenters. The lowest BCUT2D eigenvalue weighted by Crippen LogP contribution is -2.16. The van der Waals surface area contributed by atoms with Crippen molar-refractivity contribution in [3.05, 3.63) is 35.0 Å². The number of aryl methyl sites for hydroxylation is 1. The average Bonchev–Trinajstić information content (AvgIpc) is 2.70. The lowest BCUT2D eigenvalue weighted by atomic mass is 10.2. The second-order valence-corrected chi connectivity index (χ2v) is 4.31. The summed E-state index contributed by atoms with van der Waals surface area (Å²) in [7, 11) is 3.16. The van der Waals surface area contributed by atoms with Gasteiger partial charge in [-0.15, -0.1) is 0 Å². The van der Waals surface area contributed by atoms with Gasteiger partial charge >= 0.3 is 0 Å². The van der Waals surface area contributed by atoms with E-state index in [9.17, 15) is 4.79 Å². The molecule has 3 N–H and O–H groups in total. The summed E-state index contributed by atoms with van der Waals surface area (Å²) in [6, 6.07) is 4.78. The molecule has 0 radical (unpaired) electrons. The molecule has 0 spiro atoms. The molecule has 0 saturated heterocycles. The summed E-state index contributed by atoms with van der Waals surface area (Å²) in [5.41, 5.74) is 6.47. The minimum absolute atomic E-state index is 0.344. The van der Waals surface area contributed by atoms with Gasteiger partial charge in [0.2, 0.25) is 0 Å². The van der Waals surface area contributed by atoms with Gasteiger partial charge < -0.3 is 15.8 Å². The third kappa shape index (κ3) is 2.63. The van der Waals surface area contributed by atoms with Crippen molar-refractivity contribution in [2.45, 2.75) is 0 Å². The summed E-state index contributed by atoms with van der Waals surface area (Å²) in [6.07, 6.45) is 1.47. The molecule has 19 heavy (non-hydrogen) atoms. The van der Waals surface area contributed by atoms with Crippen molar-refractivity contribution in [1.82, 2.24) is 9.78 Å². The monoisotopic (exact) mass is 280 g/mol. The fourth-order valence-electron chi connectivity index (χ4n) is 1.64. The van der Waals surface area contributed by atoms with E-state index >= 15 is 0 Å². The molecule has 7 heteroatoms. The van der Waals surface area contributed by atoms with Crippen LogP contribution in [-0.2, 0) is 7.05 Å². The first-order valence-electron chi connectivity index (χ1n) is 5.45. The zero-order chi connectivity index (χ0) is 14.0. The van der Waals surface area contributed by atoms with Crippen LogP contribution in [-0.4, -0.2) is 22.8 Å². The van der Waals surface area contributed by atoms with Gasteiger partial charge in [-0.2, -0.15) is 5.10 Å². The lowest BCUT2D eigenvalue weighted by molar-refractivity contribution is 0.102. The number of nitrogens with zero attached hydrogens (tertiary/aromatic N) is 2. The van der Waals surface area contributed by atoms with E-state index in [0.717, 1.165) is 0 Å². The van der Waals surface area contributed by atoms with Gasteiger partial charge in [-0.3, -0.25) is 9.48 Å². The first kappa shape index (κ1) is 13.2. The first-order chi connectivity index (χ1) is 9.02. The van der Waals surface area contributed by atoms with Crippen LogP contribution in [0.2, 0.25) is 5.02 Å². The molecule has 0 atom stereocenters. The number of ether oxygens (including phenoxy) is 1. The minimum atomic E-state index is -0.344. The van der Waals surface area contributed by atoms with Crippen LogP contribution in [0, 0.1) is 0 Å². The number of benzene rings is 1. The fourth-order valence-corrected chi connectivity index (χ4v) is 1.80. The zero-order valence-electron chi connectivity index (χ0n) is 10.5. The van der Waals surface area contributed by atoms with Crippen LogP contribution in [0.15, 0.2) is 24.4 Å². The van der Waals surface area contributed by atoms with Gasteiger partial charge in [0.25, 0.3) is 5.91 Å². The van der Waals surface area contributed by atoms with E-state index < -0.39 is 0 Å². The van der Waals surface area contributed by atoms with E-state index in [0.29, 0.717) is 27.8 Å². The summed E-state index contributed by atoms with van der Waals surface area (Å²) in [5, 5.41) is 7.12. The number of nitrogens with one attached hydrogen (secondary N) is 1. The highest BCUT2D eigenvalue weighted by Crippen LogP contribution is 2.25. The Hall–Kier alpha value is -2.21. The lowest BCUT2D eigenvalue weighted by Gasteiger charge is -2.10. The average molecular weight is 281 g/mol. The summed E-state index contributed by atoms with van der Waals surface area (Å²) in [6.45, 7) is 0. The van der Waals surface area contributed by atoms with Crippen LogP contribution in [0.3, 0.4) is 0 Å². The number of hydrogen-bond acceptors (Lipinski definition) is 4. The molecule has 0 saturated carbocycles. The van der Waals surface area contributed by atoms with Gasteiger partial charge in [-0.25, -0.2) is 0 Å². The Morgan fingerprint density at radius 3 is 2.84 bits per heavy atom. The molecule has 1 aromatic heterocycles. The highest BCUT2D eigenvalue weighted by atomic mass is 35.5. The number of nitrogen functional groups attached to an aromatic ring is 1. The van der Waals surface area contributed by atoms with Gasteiger partial charge in [0.15, 0.2) is 5.82 Å². The van der Waals surface area contributed by atoms with E-state index in [-0.39, 0.29) is 5.91 Å². The van der Waals surface area contributed by atoms with Crippen molar-refractivity contribution in [2.24, 2.45) is 7.05 Å². The molecule has 0 aliphatic rings. The number of halogens is 1. The minimum Gasteiger partial charge on any atom is -0.496 e. The Labute approximate surface area is 115 Å². The standard InChI is InChI=1S/C12H13ClN4O2/c1-17-11(9(14)6-15-17)16-12(18)8-4-3-7(13)5-10(8)19-2/h3-6H,14H2,1-2H3,(H,16,18). The van der Waals surface area contributed by atoms with Crippen LogP contribution in [0.4, 0.5) is 11.5 Å². The van der Waals surface area contributed by atoms with E-state index in [2.05, 4.69) is 10.4 Å². The summed E-state index contributed by atoms with van der Waals surface area (Å²) >= 11 is 5.85. The number of aromatic nitrogens is 2. The maximum absolute atomic E-state index is 12.2. The van der Waals surface area contributed by atoms with E-state index in [1.54, 1.807) is 25.2 Å². The second-order valence-electron chi connectivity index (χ2n) is 3.87. The number of nitrogens with two attached hydrogens (primary N) is 1. The molecule has 6 nitrogen and oxygen atoms in total. The number of hydrogen-bond donors (Lipinski definition) is 2. The smallest absolute Gasteiger partial charge is 0.260 e. The molecule has 2 aromatic rings. The van der Waals surface area contributed by atoms with Gasteiger partial charge in [-0.05, 0) is 18.2 Å². The molecule has 0 bridgehead atoms. The molecule has 100 valence electrons. The van der Waals surface area contributed by atoms with E-state index in [1.807, 2.05) is 0 Å². The van der Waals surface area contributed by atoms with Crippen LogP contribution in [0.1, 0.15) is 10.4 Å². The van der Waals surface area contributed by atoms with Crippen LogP contribution in [0.5, 0.6) is 5.75 Å². The van der Waals surface area contributed by atoms with Crippen LogP contribution >= 0.6 is 11.6 Å². The number of carbonyl (C=O) groups excluding carboxylic acids is 1. The number of amides is 1. The van der Waals surface area contributed by atoms with Crippen LogP contribution in [0.25, 0.3) is 0 Å². The Kier molecular flexibility index (Phi) is 3.62. The number of carbonyl (C=O) groups is 1. The third-order valence-corrected chi connectivity index (χ3v) is 2.84. The SMILES string of the molecule is COc1cc(Cl)ccc1C(=O)Nc1c(N)cnn1C. The van der Waals surface area contributed by atoms with Crippen molar-refractivity contribution in [3.63, 3.8) is 0 Å². The van der Waals surface area contributed by atoms with Gasteiger partial charge in [-0.1, -0.05) is 11.6 Å². The molecular formula is C12H13ClN4O2. The fraction of sp³-hybridized carbons (Fsp3) is 0.167. The predicted octanol–water partition coefficient (Wildman–Crippen LogP) is 1.92. The molecule has 2 rings (SSSR count). The molecule has 0 fully saturated rings. The highest BCUT2D eigenvalue weighted by molar-refractivity contribution is 6.31. The third-order valence-electron chi connectivity index (χ3n) is 2.61. The largest absolute Gasteiger partial charge is 0.496 e. The van der Waals surface area contributed by atoms with E-state index in [1.165, 1.54) is 18.0 Å². The zero-order valence-corrected chi connectivity index (χ0v) is 11.2. The molecule has 1 heterocycles. The number of rotatable bonds is 3. The Balaban J connectivity index is 2.30. The topological polar surface area (TPSA) is 82.2 Å². The molecule has 1 amide bonds. The highest BCUT2D eigenvalue weighted by Gasteiger charge is 2.15. The second kappa shape index (κ2) is 5.19. The quantitative estimate of drug-likeness (QED) is 0.900. The Bertz CT molecular complexity index is 605. The molecule has 1 aromatic carbocycles. The first-order valence-corrected chi connectivity index (χ1v) is 5.83. The normalized spacial score (nSPS) is 10.3. The maximum Gasteiger partial charge on any atom is 0.260 e. The van der Waals surface area contributed by atoms with Gasteiger partial charge in [0, 0.05) is 12.1 Å². The van der Waals surface area contributed by atoms with Crippen molar-refractivity contribution >= 4 is 29.0 Å². The van der Waals surface area contributed by atoms with Crippen molar-refractivity contribution < 1.29 is 9.53 Å². The van der Waals surface area contributed by atoms with Crippen molar-refractivity contribution in [3.8, 4) is 5.75 Å². The van der Waals surface area contributed by atoms with E-state index in [4.69, 9.17) is 22.1 Å². The van der Waals surface area contributed by atoms with Crippen molar-refractivity contribution in [2.75, 3.05) is 18.2 Å². The van der Waals surface area contributed by atoms with Crippen molar-refractivity contribution in [1.29, 1.82) is 0 Å². The predicted molar refractivity (Wildman–Crippen MR) is 73.6 cm³/mol. The summed E-state index contributed by atoms with van der Waals surface area (Å²) in [4.78, 5) is 12.2. The maximum atomic E-state index is 12.2. The summed E-state index contributed by atoms with van der Waals surface area (Å²) < 4.78 is 6.61. The Morgan fingerprint density at radius 2 is 2.26 bits per heavy atom. The van der Waals surface area contributed by atoms with Gasteiger partial charge in [0.1, 0.15) is 5.75 Å². The van der Waals surface area contributed by atoms with Gasteiger partial charge in [0.05, 0.1) is 24.6 Å². The molecular weight excluding hydrogens is 268 g/mol. The molecule has 0 aliphatic carbocycles. The number of methoxy groups -OCH3 is 1. The Morgan fingerprint density at radius 1 is 1.53 bits per heavy atom. The van der Waals surface area contributed by atoms with Crippen LogP contribution < -0.4 is 15.8 Å². The summed E-state index contributed by atoms with van der Waals surface area (Å²) in [5.74, 6) is 0.483. The number of anilines is 2.